The lowest BCUT2D eigenvalue weighted by Gasteiger charge is -2.03. The molecular formula is C15H14N4O3. The Balaban J connectivity index is 1.70. The van der Waals surface area contributed by atoms with Crippen LogP contribution >= 0.6 is 0 Å². The van der Waals surface area contributed by atoms with E-state index in [-0.39, 0.29) is 0 Å². The SMILES string of the molecule is CCOCc1nc(-c2ccc(Oc3ncccn3)cc2)no1. The van der Waals surface area contributed by atoms with Crippen LogP contribution in [0.15, 0.2) is 47.2 Å². The standard InChI is InChI=1S/C15H14N4O3/c1-2-20-10-13-18-14(19-22-13)11-4-6-12(7-5-11)21-15-16-8-3-9-17-15/h3-9H,2,10H2,1H3. The molecule has 0 spiro atoms. The highest BCUT2D eigenvalue weighted by Gasteiger charge is 2.09. The van der Waals surface area contributed by atoms with Gasteiger partial charge in [-0.15, -0.1) is 0 Å². The highest BCUT2D eigenvalue weighted by molar-refractivity contribution is 5.55. The van der Waals surface area contributed by atoms with E-state index in [9.17, 15) is 0 Å². The maximum atomic E-state index is 5.52. The van der Waals surface area contributed by atoms with E-state index < -0.39 is 0 Å². The third kappa shape index (κ3) is 3.44. The van der Waals surface area contributed by atoms with Crippen LogP contribution in [0.5, 0.6) is 11.8 Å². The Labute approximate surface area is 126 Å². The van der Waals surface area contributed by atoms with E-state index in [1.54, 1.807) is 30.6 Å². The Morgan fingerprint density at radius 3 is 2.59 bits per heavy atom. The zero-order valence-electron chi connectivity index (χ0n) is 12.0. The molecule has 3 rings (SSSR count). The molecule has 22 heavy (non-hydrogen) atoms. The minimum Gasteiger partial charge on any atom is -0.424 e. The zero-order valence-corrected chi connectivity index (χ0v) is 12.0. The van der Waals surface area contributed by atoms with Gasteiger partial charge in [0.05, 0.1) is 0 Å². The minimum absolute atomic E-state index is 0.300. The summed E-state index contributed by atoms with van der Waals surface area (Å²) in [5.41, 5.74) is 0.827. The lowest BCUT2D eigenvalue weighted by molar-refractivity contribution is 0.109. The molecule has 0 aliphatic carbocycles. The third-order valence-corrected chi connectivity index (χ3v) is 2.76. The van der Waals surface area contributed by atoms with Crippen LogP contribution in [0.4, 0.5) is 0 Å². The second-order valence-electron chi connectivity index (χ2n) is 4.31. The summed E-state index contributed by atoms with van der Waals surface area (Å²) in [6.45, 7) is 2.83. The first-order valence-corrected chi connectivity index (χ1v) is 6.81. The molecule has 112 valence electrons. The van der Waals surface area contributed by atoms with Crippen molar-refractivity contribution < 1.29 is 14.0 Å². The molecule has 0 saturated heterocycles. The first-order chi connectivity index (χ1) is 10.8. The van der Waals surface area contributed by atoms with Crippen LogP contribution in [0.3, 0.4) is 0 Å². The maximum absolute atomic E-state index is 5.52. The topological polar surface area (TPSA) is 83.2 Å². The molecule has 0 saturated carbocycles. The van der Waals surface area contributed by atoms with Gasteiger partial charge in [-0.05, 0) is 37.3 Å². The Morgan fingerprint density at radius 1 is 1.09 bits per heavy atom. The molecule has 0 N–H and O–H groups in total. The van der Waals surface area contributed by atoms with Crippen LogP contribution in [0.1, 0.15) is 12.8 Å². The minimum atomic E-state index is 0.300. The van der Waals surface area contributed by atoms with Crippen molar-refractivity contribution in [3.8, 4) is 23.1 Å². The van der Waals surface area contributed by atoms with Gasteiger partial charge in [-0.25, -0.2) is 9.97 Å². The molecule has 0 bridgehead atoms. The summed E-state index contributed by atoms with van der Waals surface area (Å²) in [6.07, 6.45) is 3.24. The van der Waals surface area contributed by atoms with Crippen molar-refractivity contribution in [1.82, 2.24) is 20.1 Å². The Bertz CT molecular complexity index is 713. The van der Waals surface area contributed by atoms with E-state index in [2.05, 4.69) is 20.1 Å². The van der Waals surface area contributed by atoms with E-state index in [1.165, 1.54) is 0 Å². The Kier molecular flexibility index (Phi) is 4.35. The molecule has 0 fully saturated rings. The number of aromatic nitrogens is 4. The summed E-state index contributed by atoms with van der Waals surface area (Å²) < 4.78 is 15.9. The van der Waals surface area contributed by atoms with E-state index >= 15 is 0 Å². The van der Waals surface area contributed by atoms with Gasteiger partial charge in [0.15, 0.2) is 0 Å². The average molecular weight is 298 g/mol. The Morgan fingerprint density at radius 2 is 1.86 bits per heavy atom. The largest absolute Gasteiger partial charge is 0.424 e. The third-order valence-electron chi connectivity index (χ3n) is 2.76. The van der Waals surface area contributed by atoms with Crippen LogP contribution in [0.2, 0.25) is 0 Å². The fraction of sp³-hybridized carbons (Fsp3) is 0.200. The molecule has 0 radical (unpaired) electrons. The van der Waals surface area contributed by atoms with Gasteiger partial charge < -0.3 is 14.0 Å². The van der Waals surface area contributed by atoms with Gasteiger partial charge in [0.1, 0.15) is 12.4 Å². The monoisotopic (exact) mass is 298 g/mol. The van der Waals surface area contributed by atoms with Crippen LogP contribution < -0.4 is 4.74 Å². The van der Waals surface area contributed by atoms with Crippen molar-refractivity contribution >= 4 is 0 Å². The van der Waals surface area contributed by atoms with Gasteiger partial charge in [0, 0.05) is 24.6 Å². The molecule has 0 atom stereocenters. The number of ether oxygens (including phenoxy) is 2. The lowest BCUT2D eigenvalue weighted by Crippen LogP contribution is -1.92. The van der Waals surface area contributed by atoms with Crippen molar-refractivity contribution in [2.75, 3.05) is 6.61 Å². The molecule has 7 nitrogen and oxygen atoms in total. The number of benzene rings is 1. The van der Waals surface area contributed by atoms with Gasteiger partial charge in [0.25, 0.3) is 5.89 Å². The van der Waals surface area contributed by atoms with Crippen molar-refractivity contribution in [1.29, 1.82) is 0 Å². The second kappa shape index (κ2) is 6.77. The van der Waals surface area contributed by atoms with Crippen molar-refractivity contribution in [2.24, 2.45) is 0 Å². The predicted octanol–water partition coefficient (Wildman–Crippen LogP) is 2.86. The smallest absolute Gasteiger partial charge is 0.321 e. The van der Waals surface area contributed by atoms with Crippen molar-refractivity contribution in [2.45, 2.75) is 13.5 Å². The van der Waals surface area contributed by atoms with Crippen LogP contribution in [-0.2, 0) is 11.3 Å². The van der Waals surface area contributed by atoms with Crippen molar-refractivity contribution in [3.63, 3.8) is 0 Å². The molecule has 7 heteroatoms. The van der Waals surface area contributed by atoms with Crippen LogP contribution in [0.25, 0.3) is 11.4 Å². The average Bonchev–Trinajstić information content (AvgIpc) is 3.03. The summed E-state index contributed by atoms with van der Waals surface area (Å²) >= 11 is 0. The normalized spacial score (nSPS) is 10.6. The molecule has 3 aromatic rings. The summed E-state index contributed by atoms with van der Waals surface area (Å²) in [5.74, 6) is 1.60. The molecule has 0 unspecified atom stereocenters. The van der Waals surface area contributed by atoms with Crippen LogP contribution in [-0.4, -0.2) is 26.7 Å². The molecule has 0 aliphatic heterocycles. The van der Waals surface area contributed by atoms with E-state index in [0.29, 0.717) is 36.7 Å². The maximum Gasteiger partial charge on any atom is 0.321 e. The second-order valence-corrected chi connectivity index (χ2v) is 4.31. The zero-order chi connectivity index (χ0) is 15.2. The Hall–Kier alpha value is -2.80. The van der Waals surface area contributed by atoms with Gasteiger partial charge >= 0.3 is 6.01 Å². The number of hydrogen-bond donors (Lipinski definition) is 0. The molecular weight excluding hydrogens is 284 g/mol. The fourth-order valence-corrected chi connectivity index (χ4v) is 1.74. The van der Waals surface area contributed by atoms with Gasteiger partial charge in [-0.1, -0.05) is 5.16 Å². The van der Waals surface area contributed by atoms with Gasteiger partial charge in [-0.2, -0.15) is 4.98 Å². The van der Waals surface area contributed by atoms with E-state index in [0.717, 1.165) is 5.56 Å². The van der Waals surface area contributed by atoms with E-state index in [1.807, 2.05) is 19.1 Å². The molecule has 0 aliphatic rings. The van der Waals surface area contributed by atoms with Gasteiger partial charge in [-0.3, -0.25) is 0 Å². The summed E-state index contributed by atoms with van der Waals surface area (Å²) in [6, 6.07) is 9.30. The number of nitrogens with zero attached hydrogens (tertiary/aromatic N) is 4. The highest BCUT2D eigenvalue weighted by Crippen LogP contribution is 2.22. The van der Waals surface area contributed by atoms with Gasteiger partial charge in [0.2, 0.25) is 5.82 Å². The van der Waals surface area contributed by atoms with Crippen LogP contribution in [0, 0.1) is 0 Å². The van der Waals surface area contributed by atoms with Crippen molar-refractivity contribution in [3.05, 3.63) is 48.6 Å². The number of rotatable bonds is 6. The molecule has 1 aromatic carbocycles. The summed E-state index contributed by atoms with van der Waals surface area (Å²) in [7, 11) is 0. The summed E-state index contributed by atoms with van der Waals surface area (Å²) in [4.78, 5) is 12.3. The first kappa shape index (κ1) is 14.2. The first-order valence-electron chi connectivity index (χ1n) is 6.81. The molecule has 2 heterocycles. The quantitative estimate of drug-likeness (QED) is 0.691. The number of hydrogen-bond acceptors (Lipinski definition) is 7. The van der Waals surface area contributed by atoms with E-state index in [4.69, 9.17) is 14.0 Å². The predicted molar refractivity (Wildman–Crippen MR) is 77.2 cm³/mol. The fourth-order valence-electron chi connectivity index (χ4n) is 1.74. The molecule has 2 aromatic heterocycles. The highest BCUT2D eigenvalue weighted by atomic mass is 16.5. The summed E-state index contributed by atoms with van der Waals surface area (Å²) in [5, 5.41) is 3.92. The lowest BCUT2D eigenvalue weighted by atomic mass is 10.2. The molecule has 0 amide bonds.